The van der Waals surface area contributed by atoms with Gasteiger partial charge in [0.2, 0.25) is 10.9 Å². The smallest absolute Gasteiger partial charge is 0.297 e. The number of ether oxygens (including phenoxy) is 1. The van der Waals surface area contributed by atoms with E-state index < -0.39 is 11.9 Å². The molecule has 7 nitrogen and oxygen atoms in total. The van der Waals surface area contributed by atoms with Crippen LogP contribution in [0.4, 0.5) is 5.13 Å². The Morgan fingerprint density at radius 2 is 1.94 bits per heavy atom. The number of fused-ring (bicyclic) bond motifs is 2. The Hall–Kier alpha value is -3.52. The monoisotopic (exact) mass is 433 g/mol. The molecule has 1 atom stereocenters. The Balaban J connectivity index is 1.65. The van der Waals surface area contributed by atoms with Gasteiger partial charge in [0, 0.05) is 0 Å². The molecule has 1 aliphatic heterocycles. The van der Waals surface area contributed by atoms with E-state index in [9.17, 15) is 9.59 Å². The first-order valence-corrected chi connectivity index (χ1v) is 10.9. The van der Waals surface area contributed by atoms with Gasteiger partial charge in [-0.1, -0.05) is 48.9 Å². The molecule has 3 heterocycles. The van der Waals surface area contributed by atoms with Crippen LogP contribution in [0.2, 0.25) is 0 Å². The number of hydrogen-bond donors (Lipinski definition) is 0. The minimum atomic E-state index is -0.652. The van der Waals surface area contributed by atoms with Gasteiger partial charge in [-0.05, 0) is 36.2 Å². The van der Waals surface area contributed by atoms with E-state index in [-0.39, 0.29) is 11.2 Å². The topological polar surface area (TPSA) is 85.5 Å². The van der Waals surface area contributed by atoms with Crippen molar-refractivity contribution in [2.24, 2.45) is 0 Å². The summed E-state index contributed by atoms with van der Waals surface area (Å²) in [5.74, 6) is 0.393. The summed E-state index contributed by atoms with van der Waals surface area (Å²) in [5, 5.41) is 8.80. The van der Waals surface area contributed by atoms with Crippen LogP contribution in [0.3, 0.4) is 0 Å². The molecule has 8 heteroatoms. The van der Waals surface area contributed by atoms with E-state index in [2.05, 4.69) is 17.1 Å². The van der Waals surface area contributed by atoms with E-state index in [1.54, 1.807) is 29.8 Å². The number of amides is 1. The van der Waals surface area contributed by atoms with Crippen molar-refractivity contribution in [2.45, 2.75) is 25.8 Å². The van der Waals surface area contributed by atoms with Gasteiger partial charge in [-0.15, -0.1) is 10.2 Å². The fourth-order valence-corrected chi connectivity index (χ4v) is 4.37. The van der Waals surface area contributed by atoms with Crippen LogP contribution >= 0.6 is 11.3 Å². The minimum absolute atomic E-state index is 0.0483. The molecule has 0 aliphatic carbocycles. The van der Waals surface area contributed by atoms with Gasteiger partial charge < -0.3 is 9.15 Å². The summed E-state index contributed by atoms with van der Waals surface area (Å²) in [6, 6.07) is 13.8. The van der Waals surface area contributed by atoms with E-state index in [1.807, 2.05) is 24.3 Å². The molecule has 1 aliphatic rings. The van der Waals surface area contributed by atoms with Crippen molar-refractivity contribution in [1.82, 2.24) is 10.2 Å². The molecular weight excluding hydrogens is 414 g/mol. The second-order valence-electron chi connectivity index (χ2n) is 7.24. The number of benzene rings is 2. The Morgan fingerprint density at radius 1 is 1.13 bits per heavy atom. The molecule has 0 bridgehead atoms. The summed E-state index contributed by atoms with van der Waals surface area (Å²) in [6.07, 6.45) is 2.03. The molecule has 156 valence electrons. The first-order chi connectivity index (χ1) is 15.2. The maximum Gasteiger partial charge on any atom is 0.297 e. The molecule has 0 fully saturated rings. The van der Waals surface area contributed by atoms with Gasteiger partial charge in [-0.3, -0.25) is 14.5 Å². The van der Waals surface area contributed by atoms with Gasteiger partial charge in [0.1, 0.15) is 16.8 Å². The van der Waals surface area contributed by atoms with Gasteiger partial charge in [0.15, 0.2) is 5.43 Å². The molecule has 0 N–H and O–H groups in total. The number of para-hydroxylation sites is 1. The van der Waals surface area contributed by atoms with E-state index in [1.165, 1.54) is 16.2 Å². The molecule has 5 rings (SSSR count). The summed E-state index contributed by atoms with van der Waals surface area (Å²) < 4.78 is 11.7. The van der Waals surface area contributed by atoms with Crippen LogP contribution in [0.25, 0.3) is 11.0 Å². The van der Waals surface area contributed by atoms with Crippen LogP contribution in [0, 0.1) is 0 Å². The zero-order chi connectivity index (χ0) is 21.4. The number of aromatic nitrogens is 2. The van der Waals surface area contributed by atoms with Gasteiger partial charge in [0.25, 0.3) is 5.91 Å². The Morgan fingerprint density at radius 3 is 2.68 bits per heavy atom. The number of unbranched alkanes of at least 4 members (excludes halogenated alkanes) is 1. The zero-order valence-corrected chi connectivity index (χ0v) is 17.6. The summed E-state index contributed by atoms with van der Waals surface area (Å²) >= 11 is 1.23. The molecule has 0 spiro atoms. The molecule has 4 aromatic rings. The molecule has 0 saturated carbocycles. The number of anilines is 1. The molecule has 0 unspecified atom stereocenters. The fraction of sp³-hybridized carbons (Fsp3) is 0.217. The standard InChI is InChI=1S/C23H19N3O4S/c1-2-3-12-29-15-10-8-14(9-11-15)19-18-20(27)16-6-4-5-7-17(16)30-21(18)22(28)26(19)23-25-24-13-31-23/h4-11,13,19H,2-3,12H2,1H3/t19-/m0/s1. The SMILES string of the molecule is CCCCOc1ccc([C@H]2c3c(oc4ccccc4c3=O)C(=O)N2c2nncs2)cc1. The lowest BCUT2D eigenvalue weighted by Gasteiger charge is -2.22. The normalized spacial score (nSPS) is 15.5. The minimum Gasteiger partial charge on any atom is -0.494 e. The second kappa shape index (κ2) is 7.96. The van der Waals surface area contributed by atoms with Gasteiger partial charge in [0.05, 0.1) is 23.6 Å². The fourth-order valence-electron chi connectivity index (χ4n) is 3.79. The van der Waals surface area contributed by atoms with Crippen molar-refractivity contribution < 1.29 is 13.9 Å². The Bertz CT molecular complexity index is 1300. The van der Waals surface area contributed by atoms with Crippen LogP contribution in [0.1, 0.15) is 47.5 Å². The highest BCUT2D eigenvalue weighted by molar-refractivity contribution is 7.13. The Kier molecular flexibility index (Phi) is 4.99. The third-order valence-corrected chi connectivity index (χ3v) is 5.98. The zero-order valence-electron chi connectivity index (χ0n) is 16.8. The summed E-state index contributed by atoms with van der Waals surface area (Å²) in [5.41, 5.74) is 2.81. The van der Waals surface area contributed by atoms with Crippen molar-refractivity contribution in [2.75, 3.05) is 11.5 Å². The quantitative estimate of drug-likeness (QED) is 0.414. The second-order valence-corrected chi connectivity index (χ2v) is 8.05. The lowest BCUT2D eigenvalue weighted by atomic mass is 9.98. The third-order valence-electron chi connectivity index (χ3n) is 5.29. The molecule has 2 aromatic carbocycles. The molecular formula is C23H19N3O4S. The average molecular weight is 433 g/mol. The lowest BCUT2D eigenvalue weighted by Crippen LogP contribution is -2.29. The van der Waals surface area contributed by atoms with E-state index in [0.29, 0.717) is 28.3 Å². The van der Waals surface area contributed by atoms with Crippen molar-refractivity contribution >= 4 is 33.3 Å². The van der Waals surface area contributed by atoms with E-state index >= 15 is 0 Å². The largest absolute Gasteiger partial charge is 0.494 e. The van der Waals surface area contributed by atoms with Gasteiger partial charge in [-0.2, -0.15) is 0 Å². The lowest BCUT2D eigenvalue weighted by molar-refractivity contribution is 0.0970. The third kappa shape index (κ3) is 3.29. The first-order valence-electron chi connectivity index (χ1n) is 10.1. The first kappa shape index (κ1) is 19.4. The summed E-state index contributed by atoms with van der Waals surface area (Å²) in [7, 11) is 0. The summed E-state index contributed by atoms with van der Waals surface area (Å²) in [6.45, 7) is 2.76. The molecule has 2 aromatic heterocycles. The number of hydrogen-bond acceptors (Lipinski definition) is 7. The molecule has 0 saturated heterocycles. The highest BCUT2D eigenvalue weighted by Gasteiger charge is 2.44. The van der Waals surface area contributed by atoms with Crippen molar-refractivity contribution in [1.29, 1.82) is 0 Å². The number of rotatable bonds is 6. The van der Waals surface area contributed by atoms with Crippen molar-refractivity contribution in [3.63, 3.8) is 0 Å². The van der Waals surface area contributed by atoms with Crippen molar-refractivity contribution in [3.05, 3.63) is 81.2 Å². The van der Waals surface area contributed by atoms with Crippen LogP contribution < -0.4 is 15.1 Å². The van der Waals surface area contributed by atoms with Gasteiger partial charge in [-0.25, -0.2) is 0 Å². The predicted molar refractivity (Wildman–Crippen MR) is 118 cm³/mol. The summed E-state index contributed by atoms with van der Waals surface area (Å²) in [4.78, 5) is 28.2. The van der Waals surface area contributed by atoms with E-state index in [0.717, 1.165) is 24.2 Å². The van der Waals surface area contributed by atoms with Crippen molar-refractivity contribution in [3.8, 4) is 5.75 Å². The van der Waals surface area contributed by atoms with E-state index in [4.69, 9.17) is 9.15 Å². The number of carbonyl (C=O) groups is 1. The maximum absolute atomic E-state index is 13.4. The van der Waals surface area contributed by atoms with Crippen LogP contribution in [-0.4, -0.2) is 22.7 Å². The maximum atomic E-state index is 13.4. The predicted octanol–water partition coefficient (Wildman–Crippen LogP) is 4.57. The van der Waals surface area contributed by atoms with Crippen LogP contribution in [0.15, 0.2) is 63.3 Å². The average Bonchev–Trinajstić information content (AvgIpc) is 3.41. The Labute approximate surface area is 181 Å². The van der Waals surface area contributed by atoms with Crippen LogP contribution in [0.5, 0.6) is 5.75 Å². The molecule has 1 amide bonds. The van der Waals surface area contributed by atoms with Crippen LogP contribution in [-0.2, 0) is 0 Å². The van der Waals surface area contributed by atoms with Gasteiger partial charge >= 0.3 is 0 Å². The highest BCUT2D eigenvalue weighted by Crippen LogP contribution is 2.41. The highest BCUT2D eigenvalue weighted by atomic mass is 32.1. The number of nitrogens with zero attached hydrogens (tertiary/aromatic N) is 3. The molecule has 0 radical (unpaired) electrons. The number of carbonyl (C=O) groups excluding carboxylic acids is 1. The molecule has 31 heavy (non-hydrogen) atoms.